The Bertz CT molecular complexity index is 642. The lowest BCUT2D eigenvalue weighted by atomic mass is 9.69. The molecular weight excluding hydrogens is 326 g/mol. The third-order valence-corrected chi connectivity index (χ3v) is 5.68. The number of benzene rings is 1. The van der Waals surface area contributed by atoms with Gasteiger partial charge in [-0.15, -0.1) is 0 Å². The largest absolute Gasteiger partial charge is 0.490 e. The molecule has 1 saturated heterocycles. The average Bonchev–Trinajstić information content (AvgIpc) is 2.94. The van der Waals surface area contributed by atoms with Crippen molar-refractivity contribution in [2.75, 3.05) is 20.2 Å². The van der Waals surface area contributed by atoms with Crippen LogP contribution in [-0.2, 0) is 5.41 Å². The molecule has 1 aliphatic heterocycles. The molecule has 26 heavy (non-hydrogen) atoms. The molecule has 1 aliphatic carbocycles. The highest BCUT2D eigenvalue weighted by Crippen LogP contribution is 2.47. The third-order valence-electron chi connectivity index (χ3n) is 5.68. The van der Waals surface area contributed by atoms with Crippen LogP contribution in [-0.4, -0.2) is 48.5 Å². The van der Waals surface area contributed by atoms with Crippen LogP contribution < -0.4 is 9.47 Å². The molecule has 1 aromatic rings. The number of ether oxygens (including phenoxy) is 2. The zero-order chi connectivity index (χ0) is 18.7. The van der Waals surface area contributed by atoms with E-state index < -0.39 is 0 Å². The van der Waals surface area contributed by atoms with Crippen molar-refractivity contribution in [2.24, 2.45) is 0 Å². The number of nitrogens with zero attached hydrogens (tertiary/aromatic N) is 1. The van der Waals surface area contributed by atoms with Crippen LogP contribution in [0.1, 0.15) is 52.0 Å². The van der Waals surface area contributed by atoms with Gasteiger partial charge in [0.15, 0.2) is 11.5 Å². The first kappa shape index (κ1) is 19.2. The molecule has 3 atom stereocenters. The Balaban J connectivity index is 1.96. The van der Waals surface area contributed by atoms with Gasteiger partial charge in [0.25, 0.3) is 0 Å². The Labute approximate surface area is 157 Å². The molecule has 0 radical (unpaired) electrons. The van der Waals surface area contributed by atoms with E-state index in [0.717, 1.165) is 43.7 Å². The number of unbranched alkanes of at least 4 members (excludes halogenated alkanes) is 1. The number of fused-ring (bicyclic) bond motifs is 1. The van der Waals surface area contributed by atoms with Gasteiger partial charge in [-0.1, -0.05) is 31.6 Å². The minimum Gasteiger partial charge on any atom is -0.490 e. The van der Waals surface area contributed by atoms with E-state index in [9.17, 15) is 5.11 Å². The first-order valence-electron chi connectivity index (χ1n) is 9.98. The van der Waals surface area contributed by atoms with Gasteiger partial charge in [0, 0.05) is 11.5 Å². The molecule has 1 aromatic carbocycles. The van der Waals surface area contributed by atoms with Crippen molar-refractivity contribution in [2.45, 2.75) is 70.1 Å². The summed E-state index contributed by atoms with van der Waals surface area (Å²) in [5.74, 6) is 1.66. The summed E-state index contributed by atoms with van der Waals surface area (Å²) in [6.07, 6.45) is 7.94. The fraction of sp³-hybridized carbons (Fsp3) is 0.636. The van der Waals surface area contributed by atoms with Crippen molar-refractivity contribution in [1.29, 1.82) is 0 Å². The van der Waals surface area contributed by atoms with Gasteiger partial charge >= 0.3 is 0 Å². The van der Waals surface area contributed by atoms with E-state index in [1.807, 2.05) is 19.9 Å². The zero-order valence-corrected chi connectivity index (χ0v) is 16.6. The molecular formula is C22H33NO3. The number of rotatable bonds is 7. The maximum Gasteiger partial charge on any atom is 0.161 e. The van der Waals surface area contributed by atoms with E-state index in [1.54, 1.807) is 0 Å². The number of likely N-dealkylation sites (tertiary alicyclic amines) is 1. The number of aliphatic hydroxyl groups excluding tert-OH is 1. The summed E-state index contributed by atoms with van der Waals surface area (Å²) in [4.78, 5) is 2.38. The second-order valence-electron chi connectivity index (χ2n) is 7.98. The lowest BCUT2D eigenvalue weighted by molar-refractivity contribution is 0.137. The molecule has 1 heterocycles. The molecule has 3 rings (SSSR count). The molecule has 144 valence electrons. The minimum absolute atomic E-state index is 0.0484. The van der Waals surface area contributed by atoms with Gasteiger partial charge in [-0.3, -0.25) is 0 Å². The third kappa shape index (κ3) is 3.77. The molecule has 1 fully saturated rings. The Morgan fingerprint density at radius 3 is 2.85 bits per heavy atom. The number of hydrogen-bond acceptors (Lipinski definition) is 4. The predicted molar refractivity (Wildman–Crippen MR) is 105 cm³/mol. The van der Waals surface area contributed by atoms with Crippen LogP contribution in [0.5, 0.6) is 11.5 Å². The molecule has 0 amide bonds. The summed E-state index contributed by atoms with van der Waals surface area (Å²) in [6.45, 7) is 7.99. The Hall–Kier alpha value is -1.52. The molecule has 1 N–H and O–H groups in total. The van der Waals surface area contributed by atoms with E-state index in [0.29, 0.717) is 12.6 Å². The second kappa shape index (κ2) is 8.01. The topological polar surface area (TPSA) is 41.9 Å². The summed E-state index contributed by atoms with van der Waals surface area (Å²) < 4.78 is 12.1. The normalized spacial score (nSPS) is 28.4. The molecule has 0 unspecified atom stereocenters. The second-order valence-corrected chi connectivity index (χ2v) is 7.98. The van der Waals surface area contributed by atoms with E-state index in [1.165, 1.54) is 5.56 Å². The molecule has 2 aliphatic rings. The van der Waals surface area contributed by atoms with Gasteiger partial charge in [0.1, 0.15) is 0 Å². The SMILES string of the molecule is CCCCOc1cc([C@@]23C=C[C@H](O)C[C@@H]2N(C)CC3)ccc1OC(C)C. The maximum absolute atomic E-state index is 10.1. The van der Waals surface area contributed by atoms with Gasteiger partial charge in [0.2, 0.25) is 0 Å². The molecule has 0 aromatic heterocycles. The number of aliphatic hydroxyl groups is 1. The van der Waals surface area contributed by atoms with Gasteiger partial charge in [-0.25, -0.2) is 0 Å². The van der Waals surface area contributed by atoms with Crippen molar-refractivity contribution >= 4 is 0 Å². The monoisotopic (exact) mass is 359 g/mol. The van der Waals surface area contributed by atoms with Crippen LogP contribution >= 0.6 is 0 Å². The molecule has 0 bridgehead atoms. The first-order chi connectivity index (χ1) is 12.5. The maximum atomic E-state index is 10.1. The van der Waals surface area contributed by atoms with Crippen molar-refractivity contribution in [1.82, 2.24) is 4.90 Å². The van der Waals surface area contributed by atoms with E-state index >= 15 is 0 Å². The summed E-state index contributed by atoms with van der Waals surface area (Å²) in [5.41, 5.74) is 1.21. The van der Waals surface area contributed by atoms with Crippen LogP contribution in [0.2, 0.25) is 0 Å². The summed E-state index contributed by atoms with van der Waals surface area (Å²) in [7, 11) is 2.16. The molecule has 4 nitrogen and oxygen atoms in total. The fourth-order valence-electron chi connectivity index (χ4n) is 4.27. The zero-order valence-electron chi connectivity index (χ0n) is 16.6. The minimum atomic E-state index is -0.350. The van der Waals surface area contributed by atoms with Crippen molar-refractivity contribution in [3.63, 3.8) is 0 Å². The lowest BCUT2D eigenvalue weighted by Gasteiger charge is -2.39. The van der Waals surface area contributed by atoms with Crippen LogP contribution in [0, 0.1) is 0 Å². The predicted octanol–water partition coefficient (Wildman–Crippen LogP) is 3.92. The molecule has 0 saturated carbocycles. The van der Waals surface area contributed by atoms with Crippen molar-refractivity contribution in [3.05, 3.63) is 35.9 Å². The van der Waals surface area contributed by atoms with E-state index in [-0.39, 0.29) is 17.6 Å². The smallest absolute Gasteiger partial charge is 0.161 e. The van der Waals surface area contributed by atoms with Crippen LogP contribution in [0.25, 0.3) is 0 Å². The highest BCUT2D eigenvalue weighted by Gasteiger charge is 2.48. The molecule has 4 heteroatoms. The van der Waals surface area contributed by atoms with E-state index in [4.69, 9.17) is 9.47 Å². The van der Waals surface area contributed by atoms with Crippen LogP contribution in [0.3, 0.4) is 0 Å². The Morgan fingerprint density at radius 2 is 2.12 bits per heavy atom. The highest BCUT2D eigenvalue weighted by atomic mass is 16.5. The van der Waals surface area contributed by atoms with Gasteiger partial charge < -0.3 is 19.5 Å². The number of likely N-dealkylation sites (N-methyl/N-ethyl adjacent to an activating group) is 1. The van der Waals surface area contributed by atoms with Gasteiger partial charge in [-0.05, 0) is 64.4 Å². The molecule has 0 spiro atoms. The summed E-state index contributed by atoms with van der Waals surface area (Å²) >= 11 is 0. The summed E-state index contributed by atoms with van der Waals surface area (Å²) in [6, 6.07) is 6.72. The lowest BCUT2D eigenvalue weighted by Crippen LogP contribution is -2.44. The van der Waals surface area contributed by atoms with Crippen molar-refractivity contribution in [3.8, 4) is 11.5 Å². The highest BCUT2D eigenvalue weighted by molar-refractivity contribution is 5.49. The summed E-state index contributed by atoms with van der Waals surface area (Å²) in [5, 5.41) is 10.1. The van der Waals surface area contributed by atoms with Crippen LogP contribution in [0.4, 0.5) is 0 Å². The van der Waals surface area contributed by atoms with E-state index in [2.05, 4.69) is 43.1 Å². The Kier molecular flexibility index (Phi) is 5.93. The first-order valence-corrected chi connectivity index (χ1v) is 9.98. The van der Waals surface area contributed by atoms with Gasteiger partial charge in [-0.2, -0.15) is 0 Å². The fourth-order valence-corrected chi connectivity index (χ4v) is 4.27. The average molecular weight is 360 g/mol. The van der Waals surface area contributed by atoms with Crippen LogP contribution in [0.15, 0.2) is 30.4 Å². The number of hydrogen-bond donors (Lipinski definition) is 1. The Morgan fingerprint density at radius 1 is 1.31 bits per heavy atom. The quantitative estimate of drug-likeness (QED) is 0.592. The standard InChI is InChI=1S/C22H33NO3/c1-5-6-13-25-20-14-17(7-8-19(20)26-16(2)3)22-10-9-18(24)15-21(22)23(4)12-11-22/h7-10,14,16,18,21,24H,5-6,11-13,15H2,1-4H3/t18-,21-,22-/m0/s1. The van der Waals surface area contributed by atoms with Gasteiger partial charge in [0.05, 0.1) is 18.8 Å². The van der Waals surface area contributed by atoms with Crippen molar-refractivity contribution < 1.29 is 14.6 Å².